The highest BCUT2D eigenvalue weighted by atomic mass is 16.4. The number of nitrogens with zero attached hydrogens (tertiary/aromatic N) is 8. The number of hydrogen-bond donors (Lipinski definition) is 44. The molecular formula is C74H142N14O42. The molecule has 0 aliphatic rings. The molecule has 31 unspecified atom stereocenters. The molecule has 0 aliphatic heterocycles. The molecule has 0 aliphatic carbocycles. The molecule has 2 aromatic heterocycles. The van der Waals surface area contributed by atoms with Gasteiger partial charge in [-0.3, -0.25) is 38.8 Å². The average Bonchev–Trinajstić information content (AvgIpc) is 0.803. The van der Waals surface area contributed by atoms with Gasteiger partial charge in [0.1, 0.15) is 134 Å². The molecule has 130 heavy (non-hydrogen) atoms. The molecule has 2 amide bonds. The van der Waals surface area contributed by atoms with E-state index in [2.05, 4.69) is 51.8 Å². The van der Waals surface area contributed by atoms with Crippen molar-refractivity contribution in [2.45, 2.75) is 243 Å². The number of aromatic nitrogens is 4. The number of Topliss-reactive ketones (excluding diaryl/α,β-unsaturated/α-hetero) is 2. The van der Waals surface area contributed by atoms with Gasteiger partial charge in [-0.2, -0.15) is 0 Å². The largest absolute Gasteiger partial charge is 0.394 e. The Morgan fingerprint density at radius 3 is 0.608 bits per heavy atom. The van der Waals surface area contributed by atoms with E-state index in [0.29, 0.717) is 0 Å². The Bertz CT molecular complexity index is 3280. The average molecular weight is 1900 g/mol. The number of aliphatic hydroxyl groups excluding tert-OH is 38. The molecule has 56 heteroatoms. The van der Waals surface area contributed by atoms with Crippen LogP contribution in [0.25, 0.3) is 0 Å². The van der Waals surface area contributed by atoms with Gasteiger partial charge in [0, 0.05) is 104 Å². The van der Waals surface area contributed by atoms with E-state index in [0.717, 1.165) is 14.7 Å². The van der Waals surface area contributed by atoms with Crippen molar-refractivity contribution < 1.29 is 213 Å². The number of amides is 2. The summed E-state index contributed by atoms with van der Waals surface area (Å²) in [6.07, 6.45) is -61.3. The quantitative estimate of drug-likeness (QED) is 0.0216. The summed E-state index contributed by atoms with van der Waals surface area (Å²) in [4.78, 5) is 76.6. The van der Waals surface area contributed by atoms with Gasteiger partial charge in [0.2, 0.25) is 0 Å². The fourth-order valence-electron chi connectivity index (χ4n) is 12.4. The van der Waals surface area contributed by atoms with Crippen molar-refractivity contribution in [3.8, 4) is 0 Å². The highest BCUT2D eigenvalue weighted by molar-refractivity contribution is 6.03. The minimum atomic E-state index is -2.12. The summed E-state index contributed by atoms with van der Waals surface area (Å²) in [5, 5.41) is 398. The first kappa shape index (κ1) is 122. The van der Waals surface area contributed by atoms with Gasteiger partial charge in [0.05, 0.1) is 115 Å². The number of rotatable bonds is 69. The van der Waals surface area contributed by atoms with Crippen LogP contribution in [0.5, 0.6) is 0 Å². The summed E-state index contributed by atoms with van der Waals surface area (Å²) >= 11 is 0. The van der Waals surface area contributed by atoms with Crippen LogP contribution in [0.3, 0.4) is 0 Å². The zero-order valence-corrected chi connectivity index (χ0v) is 72.5. The summed E-state index contributed by atoms with van der Waals surface area (Å²) < 4.78 is 0. The molecule has 0 fully saturated rings. The van der Waals surface area contributed by atoms with Gasteiger partial charge >= 0.3 is 0 Å². The van der Waals surface area contributed by atoms with Gasteiger partial charge in [-0.25, -0.2) is 19.9 Å². The predicted molar refractivity (Wildman–Crippen MR) is 445 cm³/mol. The van der Waals surface area contributed by atoms with E-state index < -0.39 is 355 Å². The normalized spacial score (nSPS) is 19.4. The van der Waals surface area contributed by atoms with Gasteiger partial charge in [-0.1, -0.05) is 6.92 Å². The molecule has 2 aromatic rings. The van der Waals surface area contributed by atoms with Crippen LogP contribution in [0.4, 0.5) is 23.3 Å². The minimum absolute atomic E-state index is 0.0241. The first-order chi connectivity index (χ1) is 61.0. The van der Waals surface area contributed by atoms with Crippen molar-refractivity contribution in [1.82, 2.24) is 50.2 Å². The second kappa shape index (κ2) is 62.6. The standard InChI is InChI=1S/C37H71N7O22.C37H71N7O20/c1-3-38-35-25(16(49)5-6-43(7-17(50)27(58)31(62)21(54)11-45)8-18(51)28(59)32(63)22(55)12-46)41-36(39-4-2)26(42-35)37(66)40-15-44(9-19(52)29(60)33(64)23(56)13-47)10-20(53)30(61)34(65)24(57)14-48;1-4-17(48)29(58)30(59)20(51)10-43(9-19(50)28(57)23(54)13-45)8-7-18(49)26-35(38-5-2)42-27(36(41-26)39-6-3)37(64)40-16-44(11-21(52)31(60)33(62)24(55)14-46)12-22(53)32(61)34(63)25(56)15-47/h17-24,27-34,45-48,50-65H,3-15H2,1-2H3,(H,38,42)(H,39,41)(H,40,66);17,19-25,28-34,45-48,50-63H,4-16H2,1-3H3,(H,38,42)(H,39,41)(H,40,64). The van der Waals surface area contributed by atoms with E-state index in [1.54, 1.807) is 27.7 Å². The molecule has 0 aromatic carbocycles. The van der Waals surface area contributed by atoms with Crippen molar-refractivity contribution in [1.29, 1.82) is 0 Å². The molecule has 0 spiro atoms. The second-order valence-electron chi connectivity index (χ2n) is 30.7. The summed E-state index contributed by atoms with van der Waals surface area (Å²) in [5.41, 5.74) is -1.53. The molecule has 2 heterocycles. The van der Waals surface area contributed by atoms with E-state index in [1.165, 1.54) is 11.8 Å². The van der Waals surface area contributed by atoms with Crippen LogP contribution in [-0.2, 0) is 0 Å². The summed E-state index contributed by atoms with van der Waals surface area (Å²) in [7, 11) is 0. The third-order valence-corrected chi connectivity index (χ3v) is 20.4. The molecule has 0 bridgehead atoms. The van der Waals surface area contributed by atoms with E-state index >= 15 is 0 Å². The van der Waals surface area contributed by atoms with Crippen LogP contribution in [0.2, 0.25) is 0 Å². The molecule has 31 atom stereocenters. The van der Waals surface area contributed by atoms with Crippen LogP contribution in [-0.4, -0.2) is 597 Å². The molecule has 56 nitrogen and oxygen atoms in total. The molecule has 0 radical (unpaired) electrons. The molecule has 2 rings (SSSR count). The molecule has 0 saturated carbocycles. The van der Waals surface area contributed by atoms with Gasteiger partial charge in [-0.15, -0.1) is 0 Å². The number of nitrogens with one attached hydrogen (secondary N) is 6. The number of hydrogen-bond acceptors (Lipinski definition) is 54. The third-order valence-electron chi connectivity index (χ3n) is 20.4. The lowest BCUT2D eigenvalue weighted by Gasteiger charge is -2.33. The van der Waals surface area contributed by atoms with Gasteiger partial charge in [0.15, 0.2) is 57.6 Å². The lowest BCUT2D eigenvalue weighted by atomic mass is 10.0. The van der Waals surface area contributed by atoms with Crippen LogP contribution in [0.1, 0.15) is 95.8 Å². The molecule has 760 valence electrons. The van der Waals surface area contributed by atoms with Crippen molar-refractivity contribution in [3.63, 3.8) is 0 Å². The Labute approximate surface area is 746 Å². The Morgan fingerprint density at radius 1 is 0.238 bits per heavy atom. The monoisotopic (exact) mass is 1900 g/mol. The van der Waals surface area contributed by atoms with Crippen molar-refractivity contribution in [3.05, 3.63) is 22.8 Å². The maximum atomic E-state index is 13.8. The Kier molecular flexibility index (Phi) is 58.7. The summed E-state index contributed by atoms with van der Waals surface area (Å²) in [5.74, 6) is -4.51. The zero-order valence-electron chi connectivity index (χ0n) is 72.5. The highest BCUT2D eigenvalue weighted by Gasteiger charge is 2.41. The van der Waals surface area contributed by atoms with Crippen molar-refractivity contribution in [2.24, 2.45) is 0 Å². The van der Waals surface area contributed by atoms with Gasteiger partial charge in [-0.05, 0) is 34.1 Å². The van der Waals surface area contributed by atoms with Gasteiger partial charge in [0.25, 0.3) is 11.8 Å². The lowest BCUT2D eigenvalue weighted by Crippen LogP contribution is -2.54. The first-order valence-corrected chi connectivity index (χ1v) is 41.7. The third kappa shape index (κ3) is 39.0. The minimum Gasteiger partial charge on any atom is -0.394 e. The number of ketones is 2. The lowest BCUT2D eigenvalue weighted by molar-refractivity contribution is -0.130. The van der Waals surface area contributed by atoms with E-state index in [9.17, 15) is 183 Å². The molecule has 0 saturated heterocycles. The topological polar surface area (TPSA) is 974 Å². The van der Waals surface area contributed by atoms with Crippen LogP contribution >= 0.6 is 0 Å². The summed E-state index contributed by atoms with van der Waals surface area (Å²) in [6, 6.07) is 0. The summed E-state index contributed by atoms with van der Waals surface area (Å²) in [6.45, 7) is -5.93. The zero-order chi connectivity index (χ0) is 99.6. The highest BCUT2D eigenvalue weighted by Crippen LogP contribution is 2.25. The predicted octanol–water partition coefficient (Wildman–Crippen LogP) is -22.0. The van der Waals surface area contributed by atoms with Crippen LogP contribution in [0, 0.1) is 0 Å². The van der Waals surface area contributed by atoms with Crippen LogP contribution in [0.15, 0.2) is 0 Å². The number of carbonyl (C=O) groups excluding carboxylic acids is 4. The molecule has 44 N–H and O–H groups in total. The Balaban J connectivity index is 0.00000130. The fourth-order valence-corrected chi connectivity index (χ4v) is 12.4. The maximum Gasteiger partial charge on any atom is 0.274 e. The van der Waals surface area contributed by atoms with Crippen molar-refractivity contribution >= 4 is 46.7 Å². The van der Waals surface area contributed by atoms with Crippen molar-refractivity contribution in [2.75, 3.05) is 172 Å². The number of aliphatic hydroxyl groups is 38. The van der Waals surface area contributed by atoms with E-state index in [4.69, 9.17) is 30.6 Å². The Hall–Kier alpha value is -6.04. The van der Waals surface area contributed by atoms with Crippen LogP contribution < -0.4 is 31.9 Å². The number of carbonyl (C=O) groups is 4. The van der Waals surface area contributed by atoms with Gasteiger partial charge < -0.3 is 226 Å². The van der Waals surface area contributed by atoms with E-state index in [-0.39, 0.29) is 73.8 Å². The maximum absolute atomic E-state index is 13.8. The Morgan fingerprint density at radius 2 is 0.408 bits per heavy atom. The molecular weight excluding hydrogens is 1760 g/mol. The smallest absolute Gasteiger partial charge is 0.274 e. The number of anilines is 4. The first-order valence-electron chi connectivity index (χ1n) is 41.7. The SMILES string of the molecule is CCNc1nc(C(=O)NCN(CC(O)C(O)C(O)C(O)CO)CC(O)C(O)C(O)C(O)CO)c(NCC)nc1C(=O)CCN(CC(O)C(O)C(O)C(O)CO)CC(O)C(O)C(O)C(O)CO.CCNc1nc(C(=O)NCN(CC(O)C(O)C(O)C(O)CO)CC(O)C(O)C(O)C(O)CO)c(NCC)nc1C(=O)CCN(CC(O)C(O)C(O)CO)CC(O)C(O)C(O)C(O)CC. The van der Waals surface area contributed by atoms with E-state index in [1.807, 2.05) is 0 Å². The second-order valence-corrected chi connectivity index (χ2v) is 30.7. The fraction of sp³-hybridized carbons (Fsp3) is 0.838.